The Morgan fingerprint density at radius 2 is 2.16 bits per heavy atom. The molecule has 2 rings (SSSR count). The van der Waals surface area contributed by atoms with Crippen molar-refractivity contribution in [3.63, 3.8) is 0 Å². The summed E-state index contributed by atoms with van der Waals surface area (Å²) in [6.07, 6.45) is 0. The zero-order valence-electron chi connectivity index (χ0n) is 10.9. The molecule has 19 heavy (non-hydrogen) atoms. The molecule has 100 valence electrons. The first-order chi connectivity index (χ1) is 9.10. The molecule has 1 amide bonds. The fraction of sp³-hybridized carbons (Fsp3) is 0.214. The van der Waals surface area contributed by atoms with Gasteiger partial charge < -0.3 is 20.2 Å². The number of nitrogens with one attached hydrogen (secondary N) is 1. The Morgan fingerprint density at radius 1 is 1.37 bits per heavy atom. The molecule has 0 spiro atoms. The van der Waals surface area contributed by atoms with Crippen LogP contribution in [0.15, 0.2) is 34.7 Å². The third kappa shape index (κ3) is 3.07. The van der Waals surface area contributed by atoms with Crippen molar-refractivity contribution in [2.24, 2.45) is 0 Å². The first-order valence-electron chi connectivity index (χ1n) is 5.87. The van der Waals surface area contributed by atoms with Gasteiger partial charge in [-0.25, -0.2) is 0 Å². The number of ether oxygens (including phenoxy) is 1. The summed E-state index contributed by atoms with van der Waals surface area (Å²) in [5.74, 6) is 1.41. The number of amides is 1. The maximum Gasteiger partial charge on any atom is 0.287 e. The summed E-state index contributed by atoms with van der Waals surface area (Å²) >= 11 is 0. The van der Waals surface area contributed by atoms with Crippen LogP contribution in [0.5, 0.6) is 5.75 Å². The topological polar surface area (TPSA) is 77.5 Å². The van der Waals surface area contributed by atoms with Gasteiger partial charge >= 0.3 is 0 Å². The van der Waals surface area contributed by atoms with Gasteiger partial charge in [-0.2, -0.15) is 0 Å². The number of carbonyl (C=O) groups is 1. The third-order valence-electron chi connectivity index (χ3n) is 2.71. The minimum absolute atomic E-state index is 0.266. The van der Waals surface area contributed by atoms with Gasteiger partial charge in [-0.15, -0.1) is 0 Å². The van der Waals surface area contributed by atoms with Crippen LogP contribution in [0.2, 0.25) is 0 Å². The van der Waals surface area contributed by atoms with Gasteiger partial charge in [-0.1, -0.05) is 0 Å². The second-order valence-corrected chi connectivity index (χ2v) is 4.16. The van der Waals surface area contributed by atoms with Crippen LogP contribution >= 0.6 is 0 Å². The molecule has 1 heterocycles. The molecule has 2 aromatic rings. The van der Waals surface area contributed by atoms with E-state index in [1.807, 2.05) is 0 Å². The quantitative estimate of drug-likeness (QED) is 0.825. The fourth-order valence-corrected chi connectivity index (χ4v) is 1.76. The van der Waals surface area contributed by atoms with Gasteiger partial charge in [-0.05, 0) is 37.3 Å². The average Bonchev–Trinajstić information content (AvgIpc) is 2.83. The van der Waals surface area contributed by atoms with E-state index in [1.54, 1.807) is 44.4 Å². The molecule has 0 saturated carbocycles. The Hall–Kier alpha value is -2.43. The average molecular weight is 260 g/mol. The summed E-state index contributed by atoms with van der Waals surface area (Å²) < 4.78 is 10.5. The molecule has 3 N–H and O–H groups in total. The Balaban J connectivity index is 2.06. The normalized spacial score (nSPS) is 10.2. The van der Waals surface area contributed by atoms with E-state index in [9.17, 15) is 4.79 Å². The Bertz CT molecular complexity index is 590. The molecule has 5 heteroatoms. The SMILES string of the molecule is COc1ccc(N)cc1CNC(=O)c1ccc(C)o1. The van der Waals surface area contributed by atoms with Crippen molar-refractivity contribution in [1.82, 2.24) is 5.32 Å². The highest BCUT2D eigenvalue weighted by Gasteiger charge is 2.11. The van der Waals surface area contributed by atoms with Crippen molar-refractivity contribution in [1.29, 1.82) is 0 Å². The number of aryl methyl sites for hydroxylation is 1. The van der Waals surface area contributed by atoms with Crippen molar-refractivity contribution in [2.45, 2.75) is 13.5 Å². The van der Waals surface area contributed by atoms with Gasteiger partial charge in [-0.3, -0.25) is 4.79 Å². The summed E-state index contributed by atoms with van der Waals surface area (Å²) in [5.41, 5.74) is 7.16. The molecule has 1 aromatic carbocycles. The van der Waals surface area contributed by atoms with Crippen LogP contribution in [0.1, 0.15) is 21.9 Å². The molecule has 1 aromatic heterocycles. The number of methoxy groups -OCH3 is 1. The van der Waals surface area contributed by atoms with Crippen molar-refractivity contribution in [3.05, 3.63) is 47.4 Å². The Kier molecular flexibility index (Phi) is 3.75. The zero-order chi connectivity index (χ0) is 13.8. The molecule has 0 atom stereocenters. The van der Waals surface area contributed by atoms with Crippen LogP contribution in [0.3, 0.4) is 0 Å². The van der Waals surface area contributed by atoms with Crippen molar-refractivity contribution in [3.8, 4) is 5.75 Å². The van der Waals surface area contributed by atoms with Crippen LogP contribution in [0.4, 0.5) is 5.69 Å². The lowest BCUT2D eigenvalue weighted by molar-refractivity contribution is 0.0921. The lowest BCUT2D eigenvalue weighted by Crippen LogP contribution is -2.22. The van der Waals surface area contributed by atoms with Crippen LogP contribution < -0.4 is 15.8 Å². The van der Waals surface area contributed by atoms with E-state index in [0.29, 0.717) is 29.5 Å². The van der Waals surface area contributed by atoms with E-state index in [-0.39, 0.29) is 5.91 Å². The highest BCUT2D eigenvalue weighted by molar-refractivity contribution is 5.91. The number of nitrogens with two attached hydrogens (primary N) is 1. The maximum atomic E-state index is 11.8. The standard InChI is InChI=1S/C14H16N2O3/c1-9-3-5-13(19-9)14(17)16-8-10-7-11(15)4-6-12(10)18-2/h3-7H,8,15H2,1-2H3,(H,16,17). The molecule has 0 aliphatic rings. The molecule has 5 nitrogen and oxygen atoms in total. The highest BCUT2D eigenvalue weighted by atomic mass is 16.5. The molecular formula is C14H16N2O3. The van der Waals surface area contributed by atoms with E-state index in [2.05, 4.69) is 5.32 Å². The Labute approximate surface area is 111 Å². The predicted molar refractivity (Wildman–Crippen MR) is 72.0 cm³/mol. The summed E-state index contributed by atoms with van der Waals surface area (Å²) in [6, 6.07) is 8.68. The second-order valence-electron chi connectivity index (χ2n) is 4.16. The third-order valence-corrected chi connectivity index (χ3v) is 2.71. The van der Waals surface area contributed by atoms with Gasteiger partial charge in [0, 0.05) is 17.8 Å². The number of carbonyl (C=O) groups excluding carboxylic acids is 1. The lowest BCUT2D eigenvalue weighted by Gasteiger charge is -2.09. The number of rotatable bonds is 4. The monoisotopic (exact) mass is 260 g/mol. The van der Waals surface area contributed by atoms with Gasteiger partial charge in [0.1, 0.15) is 11.5 Å². The molecule has 0 unspecified atom stereocenters. The van der Waals surface area contributed by atoms with Crippen LogP contribution in [-0.2, 0) is 6.54 Å². The number of benzene rings is 1. The molecule has 0 aliphatic carbocycles. The first kappa shape index (κ1) is 13.0. The molecule has 0 radical (unpaired) electrons. The molecule has 0 bridgehead atoms. The van der Waals surface area contributed by atoms with E-state index in [4.69, 9.17) is 14.9 Å². The minimum atomic E-state index is -0.266. The van der Waals surface area contributed by atoms with E-state index in [1.165, 1.54) is 0 Å². The van der Waals surface area contributed by atoms with Crippen molar-refractivity contribution in [2.75, 3.05) is 12.8 Å². The fourth-order valence-electron chi connectivity index (χ4n) is 1.76. The number of hydrogen-bond donors (Lipinski definition) is 2. The largest absolute Gasteiger partial charge is 0.496 e. The van der Waals surface area contributed by atoms with Crippen molar-refractivity contribution >= 4 is 11.6 Å². The molecule has 0 aliphatic heterocycles. The summed E-state index contributed by atoms with van der Waals surface area (Å²) in [7, 11) is 1.58. The first-order valence-corrected chi connectivity index (χ1v) is 5.87. The van der Waals surface area contributed by atoms with Gasteiger partial charge in [0.25, 0.3) is 5.91 Å². The van der Waals surface area contributed by atoms with Crippen LogP contribution in [0, 0.1) is 6.92 Å². The van der Waals surface area contributed by atoms with E-state index < -0.39 is 0 Å². The second kappa shape index (κ2) is 5.48. The number of furan rings is 1. The predicted octanol–water partition coefficient (Wildman–Crippen LogP) is 2.11. The molecule has 0 fully saturated rings. The number of anilines is 1. The lowest BCUT2D eigenvalue weighted by atomic mass is 10.1. The van der Waals surface area contributed by atoms with E-state index in [0.717, 1.165) is 5.56 Å². The van der Waals surface area contributed by atoms with Gasteiger partial charge in [0.15, 0.2) is 5.76 Å². The van der Waals surface area contributed by atoms with Crippen molar-refractivity contribution < 1.29 is 13.9 Å². The number of nitrogen functional groups attached to an aromatic ring is 1. The van der Waals surface area contributed by atoms with Gasteiger partial charge in [0.2, 0.25) is 0 Å². The maximum absolute atomic E-state index is 11.8. The van der Waals surface area contributed by atoms with Crippen LogP contribution in [0.25, 0.3) is 0 Å². The summed E-state index contributed by atoms with van der Waals surface area (Å²) in [5, 5.41) is 2.76. The highest BCUT2D eigenvalue weighted by Crippen LogP contribution is 2.20. The summed E-state index contributed by atoms with van der Waals surface area (Å²) in [6.45, 7) is 2.12. The molecular weight excluding hydrogens is 244 g/mol. The van der Waals surface area contributed by atoms with Gasteiger partial charge in [0.05, 0.1) is 7.11 Å². The Morgan fingerprint density at radius 3 is 2.79 bits per heavy atom. The van der Waals surface area contributed by atoms with E-state index >= 15 is 0 Å². The zero-order valence-corrected chi connectivity index (χ0v) is 10.9. The minimum Gasteiger partial charge on any atom is -0.496 e. The smallest absolute Gasteiger partial charge is 0.287 e. The number of hydrogen-bond acceptors (Lipinski definition) is 4. The molecule has 0 saturated heterocycles. The summed E-state index contributed by atoms with van der Waals surface area (Å²) in [4.78, 5) is 11.8. The van der Waals surface area contributed by atoms with Crippen LogP contribution in [-0.4, -0.2) is 13.0 Å².